The molecule has 0 aliphatic heterocycles. The highest BCUT2D eigenvalue weighted by Gasteiger charge is 2.31. The summed E-state index contributed by atoms with van der Waals surface area (Å²) in [6.45, 7) is 1.30. The van der Waals surface area contributed by atoms with E-state index in [9.17, 15) is 17.6 Å². The first-order valence-corrected chi connectivity index (χ1v) is 3.92. The van der Waals surface area contributed by atoms with Crippen LogP contribution in [0.4, 0.5) is 17.6 Å². The van der Waals surface area contributed by atoms with Crippen LogP contribution in [0.5, 0.6) is 0 Å². The van der Waals surface area contributed by atoms with Crippen molar-refractivity contribution >= 4 is 0 Å². The smallest absolute Gasteiger partial charge is 0.326 e. The van der Waals surface area contributed by atoms with E-state index in [2.05, 4.69) is 0 Å². The van der Waals surface area contributed by atoms with E-state index < -0.39 is 17.6 Å². The molecule has 1 nitrogen and oxygen atoms in total. The monoisotopic (exact) mass is 207 g/mol. The van der Waals surface area contributed by atoms with Crippen LogP contribution in [0.1, 0.15) is 16.7 Å². The molecule has 0 aliphatic rings. The molecule has 1 rings (SSSR count). The van der Waals surface area contributed by atoms with Gasteiger partial charge in [-0.25, -0.2) is 4.39 Å². The minimum absolute atomic E-state index is 0.104. The lowest BCUT2D eigenvalue weighted by molar-refractivity contribution is -0.137. The van der Waals surface area contributed by atoms with E-state index in [1.807, 2.05) is 0 Å². The van der Waals surface area contributed by atoms with Gasteiger partial charge in [0.15, 0.2) is 0 Å². The highest BCUT2D eigenvalue weighted by Crippen LogP contribution is 2.31. The van der Waals surface area contributed by atoms with Gasteiger partial charge < -0.3 is 5.73 Å². The Bertz CT molecular complexity index is 343. The van der Waals surface area contributed by atoms with Crippen molar-refractivity contribution in [2.75, 3.05) is 0 Å². The van der Waals surface area contributed by atoms with Gasteiger partial charge in [-0.3, -0.25) is 0 Å². The van der Waals surface area contributed by atoms with Crippen LogP contribution in [0, 0.1) is 12.7 Å². The van der Waals surface area contributed by atoms with Crippen LogP contribution < -0.4 is 5.73 Å². The van der Waals surface area contributed by atoms with Crippen molar-refractivity contribution in [1.82, 2.24) is 0 Å². The van der Waals surface area contributed by atoms with Gasteiger partial charge in [-0.05, 0) is 30.2 Å². The second kappa shape index (κ2) is 3.57. The molecule has 0 bridgehead atoms. The molecule has 0 fully saturated rings. The van der Waals surface area contributed by atoms with E-state index in [0.29, 0.717) is 6.07 Å². The van der Waals surface area contributed by atoms with E-state index in [0.717, 1.165) is 6.07 Å². The first-order chi connectivity index (χ1) is 6.36. The number of rotatable bonds is 1. The van der Waals surface area contributed by atoms with Crippen LogP contribution in [0.2, 0.25) is 0 Å². The van der Waals surface area contributed by atoms with Crippen molar-refractivity contribution in [3.8, 4) is 0 Å². The van der Waals surface area contributed by atoms with Crippen LogP contribution in [-0.2, 0) is 12.7 Å². The van der Waals surface area contributed by atoms with Crippen molar-refractivity contribution in [3.63, 3.8) is 0 Å². The Morgan fingerprint density at radius 1 is 1.29 bits per heavy atom. The Morgan fingerprint density at radius 3 is 2.29 bits per heavy atom. The van der Waals surface area contributed by atoms with E-state index in [-0.39, 0.29) is 17.7 Å². The zero-order valence-corrected chi connectivity index (χ0v) is 7.45. The molecule has 0 amide bonds. The summed E-state index contributed by atoms with van der Waals surface area (Å²) in [5.41, 5.74) is 4.54. The molecule has 0 saturated heterocycles. The fourth-order valence-electron chi connectivity index (χ4n) is 1.11. The number of halogens is 4. The average Bonchev–Trinajstić information content (AvgIpc) is 2.07. The number of nitrogens with two attached hydrogens (primary N) is 1. The van der Waals surface area contributed by atoms with Crippen LogP contribution in [0.25, 0.3) is 0 Å². The van der Waals surface area contributed by atoms with Crippen LogP contribution in [0.3, 0.4) is 0 Å². The zero-order valence-electron chi connectivity index (χ0n) is 7.45. The summed E-state index contributed by atoms with van der Waals surface area (Å²) in [5.74, 6) is -0.875. The van der Waals surface area contributed by atoms with E-state index in [1.54, 1.807) is 0 Å². The van der Waals surface area contributed by atoms with Crippen molar-refractivity contribution in [3.05, 3.63) is 34.6 Å². The van der Waals surface area contributed by atoms with Crippen LogP contribution in [-0.4, -0.2) is 0 Å². The molecule has 0 saturated carbocycles. The number of benzene rings is 1. The Labute approximate surface area is 78.5 Å². The Balaban J connectivity index is 3.30. The molecular weight excluding hydrogens is 198 g/mol. The second-order valence-corrected chi connectivity index (χ2v) is 2.94. The van der Waals surface area contributed by atoms with Gasteiger partial charge in [0.2, 0.25) is 0 Å². The third-order valence-electron chi connectivity index (χ3n) is 2.00. The van der Waals surface area contributed by atoms with Gasteiger partial charge >= 0.3 is 6.18 Å². The van der Waals surface area contributed by atoms with Crippen LogP contribution >= 0.6 is 0 Å². The number of hydrogen-bond acceptors (Lipinski definition) is 1. The predicted molar refractivity (Wildman–Crippen MR) is 44.0 cm³/mol. The fourth-order valence-corrected chi connectivity index (χ4v) is 1.11. The molecule has 1 aromatic rings. The molecule has 0 aliphatic carbocycles. The summed E-state index contributed by atoms with van der Waals surface area (Å²) in [4.78, 5) is 0. The number of hydrogen-bond donors (Lipinski definition) is 1. The second-order valence-electron chi connectivity index (χ2n) is 2.94. The molecule has 0 atom stereocenters. The lowest BCUT2D eigenvalue weighted by Gasteiger charge is -2.11. The molecular formula is C9H9F4N. The molecule has 0 unspecified atom stereocenters. The maximum atomic E-state index is 13.0. The highest BCUT2D eigenvalue weighted by molar-refractivity contribution is 5.33. The lowest BCUT2D eigenvalue weighted by Crippen LogP contribution is -2.09. The van der Waals surface area contributed by atoms with Gasteiger partial charge in [0.1, 0.15) is 5.82 Å². The van der Waals surface area contributed by atoms with Gasteiger partial charge in [0.05, 0.1) is 5.56 Å². The van der Waals surface area contributed by atoms with Gasteiger partial charge in [0.25, 0.3) is 0 Å². The lowest BCUT2D eigenvalue weighted by atomic mass is 10.0. The first kappa shape index (κ1) is 11.0. The standard InChI is InChI=1S/C9H9F4N/c1-5-6(4-14)2-7(3-8(5)10)9(11,12)13/h2-3H,4,14H2,1H3. The molecule has 0 heterocycles. The summed E-state index contributed by atoms with van der Waals surface area (Å²) in [6.07, 6.45) is -4.53. The average molecular weight is 207 g/mol. The fraction of sp³-hybridized carbons (Fsp3) is 0.333. The molecule has 0 radical (unpaired) electrons. The van der Waals surface area contributed by atoms with Crippen molar-refractivity contribution < 1.29 is 17.6 Å². The molecule has 0 aromatic heterocycles. The molecule has 2 N–H and O–H groups in total. The highest BCUT2D eigenvalue weighted by atomic mass is 19.4. The number of alkyl halides is 3. The van der Waals surface area contributed by atoms with Gasteiger partial charge in [0, 0.05) is 6.54 Å². The molecule has 78 valence electrons. The predicted octanol–water partition coefficient (Wildman–Crippen LogP) is 2.61. The van der Waals surface area contributed by atoms with Crippen molar-refractivity contribution in [2.24, 2.45) is 5.73 Å². The van der Waals surface area contributed by atoms with Gasteiger partial charge in [-0.2, -0.15) is 13.2 Å². The molecule has 0 spiro atoms. The summed E-state index contributed by atoms with van der Waals surface area (Å²) in [6, 6.07) is 1.35. The topological polar surface area (TPSA) is 26.0 Å². The van der Waals surface area contributed by atoms with Gasteiger partial charge in [-0.1, -0.05) is 0 Å². The normalized spacial score (nSPS) is 11.9. The Morgan fingerprint density at radius 2 is 1.86 bits per heavy atom. The largest absolute Gasteiger partial charge is 0.416 e. The van der Waals surface area contributed by atoms with E-state index >= 15 is 0 Å². The van der Waals surface area contributed by atoms with Crippen LogP contribution in [0.15, 0.2) is 12.1 Å². The summed E-state index contributed by atoms with van der Waals surface area (Å²) < 4.78 is 49.6. The quantitative estimate of drug-likeness (QED) is 0.704. The minimum atomic E-state index is -4.53. The Hall–Kier alpha value is -1.10. The molecule has 14 heavy (non-hydrogen) atoms. The first-order valence-electron chi connectivity index (χ1n) is 3.92. The minimum Gasteiger partial charge on any atom is -0.326 e. The molecule has 1 aromatic carbocycles. The van der Waals surface area contributed by atoms with Gasteiger partial charge in [-0.15, -0.1) is 0 Å². The van der Waals surface area contributed by atoms with Crippen molar-refractivity contribution in [1.29, 1.82) is 0 Å². The zero-order chi connectivity index (χ0) is 10.9. The summed E-state index contributed by atoms with van der Waals surface area (Å²) in [7, 11) is 0. The summed E-state index contributed by atoms with van der Waals surface area (Å²) >= 11 is 0. The van der Waals surface area contributed by atoms with Crippen molar-refractivity contribution in [2.45, 2.75) is 19.6 Å². The maximum absolute atomic E-state index is 13.0. The summed E-state index contributed by atoms with van der Waals surface area (Å²) in [5, 5.41) is 0. The maximum Gasteiger partial charge on any atom is 0.416 e. The van der Waals surface area contributed by atoms with E-state index in [4.69, 9.17) is 5.73 Å². The molecule has 5 heteroatoms. The Kier molecular flexibility index (Phi) is 2.80. The SMILES string of the molecule is Cc1c(F)cc(C(F)(F)F)cc1CN. The third kappa shape index (κ3) is 2.04. The third-order valence-corrected chi connectivity index (χ3v) is 2.00. The van der Waals surface area contributed by atoms with E-state index in [1.165, 1.54) is 6.92 Å².